The lowest BCUT2D eigenvalue weighted by molar-refractivity contribution is -0.163. The molecule has 2 aromatic carbocycles. The van der Waals surface area contributed by atoms with Crippen LogP contribution in [0.25, 0.3) is 0 Å². The zero-order valence-electron chi connectivity index (χ0n) is 19.2. The number of piperidine rings is 1. The van der Waals surface area contributed by atoms with E-state index in [1.54, 1.807) is 24.3 Å². The molecule has 2 aromatic rings. The first-order chi connectivity index (χ1) is 15.7. The lowest BCUT2D eigenvalue weighted by atomic mass is 9.52. The highest BCUT2D eigenvalue weighted by molar-refractivity contribution is 6.30. The Hall–Kier alpha value is -2.43. The number of halogens is 1. The van der Waals surface area contributed by atoms with Crippen molar-refractivity contribution in [1.82, 2.24) is 4.90 Å². The maximum absolute atomic E-state index is 13.4. The minimum absolute atomic E-state index is 0.0284. The number of hydrogen-bond acceptors (Lipinski definition) is 4. The molecule has 0 spiro atoms. The van der Waals surface area contributed by atoms with E-state index in [0.717, 1.165) is 24.2 Å². The van der Waals surface area contributed by atoms with E-state index in [4.69, 9.17) is 16.3 Å². The highest BCUT2D eigenvalue weighted by Gasteiger charge is 2.63. The van der Waals surface area contributed by atoms with Crippen molar-refractivity contribution in [2.45, 2.75) is 58.2 Å². The third-order valence-corrected chi connectivity index (χ3v) is 8.42. The number of carbonyl (C=O) groups excluding carboxylic acids is 2. The summed E-state index contributed by atoms with van der Waals surface area (Å²) in [5.74, 6) is 1.17. The fourth-order valence-electron chi connectivity index (χ4n) is 6.85. The summed E-state index contributed by atoms with van der Waals surface area (Å²) in [5.41, 5.74) is 3.70. The van der Waals surface area contributed by atoms with Gasteiger partial charge < -0.3 is 4.74 Å². The first kappa shape index (κ1) is 21.1. The molecule has 4 nitrogen and oxygen atoms in total. The monoisotopic (exact) mass is 461 g/mol. The number of nitrogens with zero attached hydrogens (tertiary/aromatic N) is 1. The molecule has 170 valence electrons. The molecule has 2 aliphatic carbocycles. The number of carbonyl (C=O) groups is 2. The molecule has 7 rings (SSSR count). The topological polar surface area (TPSA) is 46.6 Å². The molecule has 4 atom stereocenters. The average molecular weight is 462 g/mol. The average Bonchev–Trinajstić information content (AvgIpc) is 2.74. The van der Waals surface area contributed by atoms with Crippen molar-refractivity contribution in [2.24, 2.45) is 10.8 Å². The van der Waals surface area contributed by atoms with Crippen LogP contribution in [0.15, 0.2) is 59.9 Å². The molecular weight excluding hydrogens is 434 g/mol. The standard InChI is InChI=1S/C28H28ClNO3/c1-27(2)13-21(31)25-23(14-27)33-26-24-19-7-5-4-6-18(19)20(12-28(24,25)3)30(26)15-22(32)16-8-10-17(29)11-9-16/h4-11,20,24,26H,12-15H2,1-3H3. The highest BCUT2D eigenvalue weighted by atomic mass is 35.5. The predicted octanol–water partition coefficient (Wildman–Crippen LogP) is 6.07. The summed E-state index contributed by atoms with van der Waals surface area (Å²) < 4.78 is 6.70. The van der Waals surface area contributed by atoms with Crippen LogP contribution in [-0.4, -0.2) is 29.2 Å². The van der Waals surface area contributed by atoms with Gasteiger partial charge in [0.05, 0.1) is 6.54 Å². The largest absolute Gasteiger partial charge is 0.478 e. The van der Waals surface area contributed by atoms with Gasteiger partial charge in [0.2, 0.25) is 0 Å². The van der Waals surface area contributed by atoms with Gasteiger partial charge in [-0.25, -0.2) is 0 Å². The van der Waals surface area contributed by atoms with Crippen LogP contribution in [0, 0.1) is 10.8 Å². The van der Waals surface area contributed by atoms with Crippen LogP contribution < -0.4 is 0 Å². The summed E-state index contributed by atoms with van der Waals surface area (Å²) in [7, 11) is 0. The maximum Gasteiger partial charge on any atom is 0.176 e. The molecule has 0 radical (unpaired) electrons. The van der Waals surface area contributed by atoms with E-state index in [1.807, 2.05) is 0 Å². The van der Waals surface area contributed by atoms with E-state index in [0.29, 0.717) is 17.0 Å². The van der Waals surface area contributed by atoms with Gasteiger partial charge in [-0.3, -0.25) is 14.5 Å². The second kappa shape index (κ2) is 7.04. The smallest absolute Gasteiger partial charge is 0.176 e. The fourth-order valence-corrected chi connectivity index (χ4v) is 6.97. The summed E-state index contributed by atoms with van der Waals surface area (Å²) in [4.78, 5) is 28.9. The number of rotatable bonds is 3. The van der Waals surface area contributed by atoms with E-state index in [9.17, 15) is 9.59 Å². The number of ketones is 2. The summed E-state index contributed by atoms with van der Waals surface area (Å²) in [6.45, 7) is 6.79. The van der Waals surface area contributed by atoms with Crippen LogP contribution >= 0.6 is 11.6 Å². The van der Waals surface area contributed by atoms with Gasteiger partial charge >= 0.3 is 0 Å². The predicted molar refractivity (Wildman–Crippen MR) is 127 cm³/mol. The quantitative estimate of drug-likeness (QED) is 0.520. The van der Waals surface area contributed by atoms with E-state index in [-0.39, 0.29) is 47.1 Å². The zero-order chi connectivity index (χ0) is 23.1. The first-order valence-corrected chi connectivity index (χ1v) is 12.1. The van der Waals surface area contributed by atoms with Gasteiger partial charge in [-0.15, -0.1) is 0 Å². The van der Waals surface area contributed by atoms with Gasteiger partial charge in [-0.05, 0) is 47.2 Å². The molecular formula is C28H28ClNO3. The van der Waals surface area contributed by atoms with Gasteiger partial charge in [0.1, 0.15) is 5.76 Å². The molecule has 4 unspecified atom stereocenters. The van der Waals surface area contributed by atoms with Crippen molar-refractivity contribution < 1.29 is 14.3 Å². The number of hydrogen-bond donors (Lipinski definition) is 0. The SMILES string of the molecule is CC1(C)CC(=O)C2=C(C1)OC1C3c4ccccc4C(CC23C)N1CC(=O)c1ccc(Cl)cc1. The van der Waals surface area contributed by atoms with Gasteiger partial charge in [-0.2, -0.15) is 0 Å². The zero-order valence-corrected chi connectivity index (χ0v) is 20.0. The summed E-state index contributed by atoms with van der Waals surface area (Å²) in [6.07, 6.45) is 1.90. The Balaban J connectivity index is 1.45. The van der Waals surface area contributed by atoms with E-state index >= 15 is 0 Å². The van der Waals surface area contributed by atoms with Crippen molar-refractivity contribution in [3.8, 4) is 0 Å². The summed E-state index contributed by atoms with van der Waals surface area (Å²) in [6, 6.07) is 15.6. The third-order valence-electron chi connectivity index (χ3n) is 8.17. The van der Waals surface area contributed by atoms with Crippen molar-refractivity contribution in [3.63, 3.8) is 0 Å². The molecule has 33 heavy (non-hydrogen) atoms. The third kappa shape index (κ3) is 3.07. The van der Waals surface area contributed by atoms with Crippen molar-refractivity contribution in [2.75, 3.05) is 6.54 Å². The Bertz CT molecular complexity index is 1210. The minimum atomic E-state index is -0.273. The van der Waals surface area contributed by atoms with Crippen LogP contribution in [0.5, 0.6) is 0 Å². The molecule has 0 N–H and O–H groups in total. The molecule has 5 heteroatoms. The molecule has 4 bridgehead atoms. The summed E-state index contributed by atoms with van der Waals surface area (Å²) in [5, 5.41) is 0.618. The summed E-state index contributed by atoms with van der Waals surface area (Å²) >= 11 is 6.03. The normalized spacial score (nSPS) is 31.6. The number of allylic oxidation sites excluding steroid dienone is 2. The number of Topliss-reactive ketones (excluding diaryl/α,β-unsaturated/α-hetero) is 2. The Morgan fingerprint density at radius 2 is 1.76 bits per heavy atom. The number of ether oxygens (including phenoxy) is 1. The molecule has 0 amide bonds. The van der Waals surface area contributed by atoms with Gasteiger partial charge in [-0.1, -0.05) is 56.6 Å². The van der Waals surface area contributed by atoms with Gasteiger partial charge in [0.25, 0.3) is 0 Å². The van der Waals surface area contributed by atoms with Crippen molar-refractivity contribution in [1.29, 1.82) is 0 Å². The minimum Gasteiger partial charge on any atom is -0.478 e. The van der Waals surface area contributed by atoms with E-state index < -0.39 is 0 Å². The number of benzene rings is 2. The molecule has 1 saturated heterocycles. The Labute approximate surface area is 199 Å². The van der Waals surface area contributed by atoms with Crippen molar-refractivity contribution >= 4 is 23.2 Å². The van der Waals surface area contributed by atoms with Crippen LogP contribution in [0.3, 0.4) is 0 Å². The molecule has 5 aliphatic rings. The highest BCUT2D eigenvalue weighted by Crippen LogP contribution is 2.66. The van der Waals surface area contributed by atoms with E-state index in [2.05, 4.69) is 49.9 Å². The van der Waals surface area contributed by atoms with Gasteiger partial charge in [0, 0.05) is 46.4 Å². The van der Waals surface area contributed by atoms with Crippen LogP contribution in [0.2, 0.25) is 5.02 Å². The Morgan fingerprint density at radius 1 is 1.06 bits per heavy atom. The van der Waals surface area contributed by atoms with Crippen LogP contribution in [-0.2, 0) is 9.53 Å². The first-order valence-electron chi connectivity index (χ1n) is 11.7. The Morgan fingerprint density at radius 3 is 2.48 bits per heavy atom. The fraction of sp³-hybridized carbons (Fsp3) is 0.429. The maximum atomic E-state index is 13.4. The van der Waals surface area contributed by atoms with Crippen LogP contribution in [0.4, 0.5) is 0 Å². The molecule has 3 aliphatic heterocycles. The lowest BCUT2D eigenvalue weighted by Crippen LogP contribution is -2.62. The Kier molecular flexibility index (Phi) is 4.50. The molecule has 0 aromatic heterocycles. The lowest BCUT2D eigenvalue weighted by Gasteiger charge is -2.63. The second-order valence-electron chi connectivity index (χ2n) is 11.1. The van der Waals surface area contributed by atoms with Gasteiger partial charge in [0.15, 0.2) is 17.8 Å². The molecule has 0 saturated carbocycles. The second-order valence-corrected chi connectivity index (χ2v) is 11.5. The molecule has 1 fully saturated rings. The molecule has 3 heterocycles. The van der Waals surface area contributed by atoms with Crippen molar-refractivity contribution in [3.05, 3.63) is 81.6 Å². The van der Waals surface area contributed by atoms with E-state index in [1.165, 1.54) is 11.1 Å². The van der Waals surface area contributed by atoms with Crippen LogP contribution in [0.1, 0.15) is 73.5 Å².